The first-order valence-electron chi connectivity index (χ1n) is 19.3. The van der Waals surface area contributed by atoms with Crippen LogP contribution < -0.4 is 0 Å². The molecule has 0 spiro atoms. The number of aromatic nitrogens is 3. The van der Waals surface area contributed by atoms with Gasteiger partial charge in [-0.2, -0.15) is 0 Å². The second-order valence-corrected chi connectivity index (χ2v) is 12.9. The van der Waals surface area contributed by atoms with Crippen LogP contribution in [-0.4, -0.2) is 15.0 Å². The van der Waals surface area contributed by atoms with E-state index in [1.165, 1.54) is 154 Å². The summed E-state index contributed by atoms with van der Waals surface area (Å²) in [6, 6.07) is 0.527. The lowest BCUT2D eigenvalue weighted by Crippen LogP contribution is -2.10. The fraction of sp³-hybridized carbons (Fsp3) is 0.756. The molecule has 0 atom stereocenters. The topological polar surface area (TPSA) is 30.7 Å². The predicted molar refractivity (Wildman–Crippen MR) is 196 cm³/mol. The van der Waals surface area contributed by atoms with E-state index in [4.69, 9.17) is 0 Å². The Morgan fingerprint density at radius 2 is 0.886 bits per heavy atom. The van der Waals surface area contributed by atoms with E-state index < -0.39 is 0 Å². The minimum absolute atomic E-state index is 0.527. The highest BCUT2D eigenvalue weighted by molar-refractivity contribution is 4.94. The lowest BCUT2D eigenvalue weighted by molar-refractivity contribution is 0.360. The van der Waals surface area contributed by atoms with E-state index in [2.05, 4.69) is 90.6 Å². The van der Waals surface area contributed by atoms with Gasteiger partial charge in [0.15, 0.2) is 0 Å². The van der Waals surface area contributed by atoms with Gasteiger partial charge in [0, 0.05) is 6.20 Å². The molecule has 0 N–H and O–H groups in total. The second kappa shape index (κ2) is 32.5. The van der Waals surface area contributed by atoms with Crippen LogP contribution in [0.15, 0.2) is 54.8 Å². The van der Waals surface area contributed by atoms with Gasteiger partial charge < -0.3 is 0 Å². The lowest BCUT2D eigenvalue weighted by Gasteiger charge is -2.17. The minimum atomic E-state index is 0.527. The van der Waals surface area contributed by atoms with Gasteiger partial charge in [-0.15, -0.1) is 5.10 Å². The molecule has 0 saturated heterocycles. The van der Waals surface area contributed by atoms with Crippen molar-refractivity contribution < 1.29 is 0 Å². The number of allylic oxidation sites excluding steroid dienone is 8. The molecule has 0 amide bonds. The van der Waals surface area contributed by atoms with Gasteiger partial charge in [0.1, 0.15) is 0 Å². The Kier molecular flexibility index (Phi) is 29.6. The van der Waals surface area contributed by atoms with Gasteiger partial charge in [-0.1, -0.05) is 164 Å². The number of unbranched alkanes of at least 4 members (excludes halogenated alkanes) is 18. The summed E-state index contributed by atoms with van der Waals surface area (Å²) < 4.78 is 2.19. The number of nitrogens with zero attached hydrogens (tertiary/aromatic N) is 3. The van der Waals surface area contributed by atoms with Crippen LogP contribution in [0.25, 0.3) is 0 Å². The highest BCUT2D eigenvalue weighted by Gasteiger charge is 2.13. The molecular weight excluding hydrogens is 534 g/mol. The van der Waals surface area contributed by atoms with E-state index in [0.29, 0.717) is 6.04 Å². The van der Waals surface area contributed by atoms with Crippen LogP contribution >= 0.6 is 0 Å². The predicted octanol–water partition coefficient (Wildman–Crippen LogP) is 13.8. The Morgan fingerprint density at radius 3 is 1.27 bits per heavy atom. The molecule has 0 aliphatic rings. The zero-order valence-corrected chi connectivity index (χ0v) is 29.7. The zero-order chi connectivity index (χ0) is 31.6. The maximum absolute atomic E-state index is 4.52. The summed E-state index contributed by atoms with van der Waals surface area (Å²) in [5.41, 5.74) is 1.13. The molecule has 0 bridgehead atoms. The summed E-state index contributed by atoms with van der Waals surface area (Å²) in [6.45, 7) is 6.71. The summed E-state index contributed by atoms with van der Waals surface area (Å²) in [6.07, 6.45) is 56.0. The van der Waals surface area contributed by atoms with Crippen molar-refractivity contribution in [3.05, 3.63) is 60.5 Å². The third kappa shape index (κ3) is 25.4. The van der Waals surface area contributed by atoms with E-state index >= 15 is 0 Å². The first kappa shape index (κ1) is 40.1. The van der Waals surface area contributed by atoms with Crippen LogP contribution in [0.3, 0.4) is 0 Å². The van der Waals surface area contributed by atoms with Crippen LogP contribution in [0.2, 0.25) is 0 Å². The Labute approximate surface area is 275 Å². The lowest BCUT2D eigenvalue weighted by atomic mass is 10.00. The highest BCUT2D eigenvalue weighted by atomic mass is 15.4. The van der Waals surface area contributed by atoms with Gasteiger partial charge in [0.05, 0.1) is 11.7 Å². The summed E-state index contributed by atoms with van der Waals surface area (Å²) >= 11 is 0. The van der Waals surface area contributed by atoms with Crippen molar-refractivity contribution in [1.82, 2.24) is 15.0 Å². The quantitative estimate of drug-likeness (QED) is 0.0602. The van der Waals surface area contributed by atoms with Crippen molar-refractivity contribution >= 4 is 0 Å². The molecule has 0 unspecified atom stereocenters. The average molecular weight is 608 g/mol. The standard InChI is InChI=1S/C41H73N3/c1-4-7-9-11-13-15-17-19-21-23-25-27-29-31-33-35-37-41(44-39-40(6-3)42-43-44)38-36-34-32-30-28-26-24-22-20-18-16-14-12-10-8-5-2/h13-16,19-22,39,41H,4-12,17-18,23-38H2,1-3H3/b15-13-,16-14-,21-19-,22-20-. The van der Waals surface area contributed by atoms with Gasteiger partial charge in [0.25, 0.3) is 0 Å². The Morgan fingerprint density at radius 1 is 0.500 bits per heavy atom. The molecule has 0 aromatic carbocycles. The Hall–Kier alpha value is -1.90. The number of hydrogen-bond acceptors (Lipinski definition) is 2. The van der Waals surface area contributed by atoms with E-state index in [0.717, 1.165) is 25.0 Å². The van der Waals surface area contributed by atoms with Crippen molar-refractivity contribution in [2.45, 2.75) is 200 Å². The average Bonchev–Trinajstić information content (AvgIpc) is 3.52. The molecule has 0 aliphatic heterocycles. The maximum Gasteiger partial charge on any atom is 0.0824 e. The molecule has 0 saturated carbocycles. The monoisotopic (exact) mass is 608 g/mol. The Bertz CT molecular complexity index is 783. The molecule has 3 heteroatoms. The fourth-order valence-corrected chi connectivity index (χ4v) is 5.80. The van der Waals surface area contributed by atoms with Gasteiger partial charge >= 0.3 is 0 Å². The molecule has 0 aliphatic carbocycles. The first-order chi connectivity index (χ1) is 21.8. The third-order valence-electron chi connectivity index (χ3n) is 8.77. The van der Waals surface area contributed by atoms with Crippen molar-refractivity contribution in [2.24, 2.45) is 0 Å². The largest absolute Gasteiger partial charge is 0.249 e. The van der Waals surface area contributed by atoms with Crippen molar-refractivity contribution in [2.75, 3.05) is 0 Å². The van der Waals surface area contributed by atoms with E-state index in [9.17, 15) is 0 Å². The van der Waals surface area contributed by atoms with Gasteiger partial charge in [-0.3, -0.25) is 0 Å². The second-order valence-electron chi connectivity index (χ2n) is 12.9. The van der Waals surface area contributed by atoms with Crippen LogP contribution in [0.4, 0.5) is 0 Å². The zero-order valence-electron chi connectivity index (χ0n) is 29.7. The number of hydrogen-bond donors (Lipinski definition) is 0. The summed E-state index contributed by atoms with van der Waals surface area (Å²) in [5, 5.41) is 8.92. The molecule has 0 fully saturated rings. The van der Waals surface area contributed by atoms with Crippen molar-refractivity contribution in [3.8, 4) is 0 Å². The van der Waals surface area contributed by atoms with E-state index in [-0.39, 0.29) is 0 Å². The first-order valence-corrected chi connectivity index (χ1v) is 19.3. The van der Waals surface area contributed by atoms with Crippen LogP contribution in [0.5, 0.6) is 0 Å². The molecule has 0 radical (unpaired) electrons. The summed E-state index contributed by atoms with van der Waals surface area (Å²) in [7, 11) is 0. The summed E-state index contributed by atoms with van der Waals surface area (Å²) in [4.78, 5) is 0. The SMILES string of the molecule is CCCCC/C=C\C/C=C\CCCCCCCCC(CCCCCCCC/C=C\C/C=C\CCCCC)n1cc(CC)nn1. The van der Waals surface area contributed by atoms with E-state index in [1.807, 2.05) is 0 Å². The van der Waals surface area contributed by atoms with E-state index in [1.54, 1.807) is 0 Å². The van der Waals surface area contributed by atoms with Crippen LogP contribution in [-0.2, 0) is 6.42 Å². The number of aryl methyl sites for hydroxylation is 1. The smallest absolute Gasteiger partial charge is 0.0824 e. The molecule has 3 nitrogen and oxygen atoms in total. The molecule has 1 heterocycles. The summed E-state index contributed by atoms with van der Waals surface area (Å²) in [5.74, 6) is 0. The highest BCUT2D eigenvalue weighted by Crippen LogP contribution is 2.23. The van der Waals surface area contributed by atoms with Gasteiger partial charge in [0.2, 0.25) is 0 Å². The molecule has 1 aromatic heterocycles. The molecule has 1 aromatic rings. The van der Waals surface area contributed by atoms with Crippen LogP contribution in [0.1, 0.15) is 199 Å². The van der Waals surface area contributed by atoms with Crippen LogP contribution in [0, 0.1) is 0 Å². The molecule has 1 rings (SSSR count). The van der Waals surface area contributed by atoms with Gasteiger partial charge in [-0.05, 0) is 83.5 Å². The molecule has 44 heavy (non-hydrogen) atoms. The molecular formula is C41H73N3. The van der Waals surface area contributed by atoms with Gasteiger partial charge in [-0.25, -0.2) is 4.68 Å². The maximum atomic E-state index is 4.52. The third-order valence-corrected chi connectivity index (χ3v) is 8.77. The van der Waals surface area contributed by atoms with Crippen molar-refractivity contribution in [1.29, 1.82) is 0 Å². The molecule has 252 valence electrons. The Balaban J connectivity index is 2.09. The number of rotatable bonds is 32. The minimum Gasteiger partial charge on any atom is -0.249 e. The normalized spacial score (nSPS) is 12.5. The fourth-order valence-electron chi connectivity index (χ4n) is 5.80. The van der Waals surface area contributed by atoms with Crippen molar-refractivity contribution in [3.63, 3.8) is 0 Å².